The fourth-order valence-electron chi connectivity index (χ4n) is 1.66. The Morgan fingerprint density at radius 3 is 2.61 bits per heavy atom. The molecule has 0 aliphatic heterocycles. The molecule has 1 aromatic carbocycles. The van der Waals surface area contributed by atoms with Gasteiger partial charge >= 0.3 is 0 Å². The third-order valence-electron chi connectivity index (χ3n) is 2.41. The molecule has 0 aliphatic rings. The average molecular weight is 307 g/mol. The molecule has 98 valence electrons. The molecule has 18 heavy (non-hydrogen) atoms. The van der Waals surface area contributed by atoms with Gasteiger partial charge in [0.1, 0.15) is 4.49 Å². The van der Waals surface area contributed by atoms with Gasteiger partial charge in [0.25, 0.3) is 0 Å². The van der Waals surface area contributed by atoms with Crippen LogP contribution in [0.25, 0.3) is 0 Å². The Morgan fingerprint density at radius 2 is 2.06 bits per heavy atom. The second-order valence-electron chi connectivity index (χ2n) is 3.74. The van der Waals surface area contributed by atoms with E-state index in [0.29, 0.717) is 11.6 Å². The Kier molecular flexibility index (Phi) is 6.55. The Hall–Kier alpha value is -0.700. The molecule has 0 fully saturated rings. The lowest BCUT2D eigenvalue weighted by Gasteiger charge is -2.14. The highest BCUT2D eigenvalue weighted by atomic mass is 35.5. The molecule has 0 spiro atoms. The van der Waals surface area contributed by atoms with E-state index in [1.54, 1.807) is 12.1 Å². The summed E-state index contributed by atoms with van der Waals surface area (Å²) < 4.78 is 0.129. The zero-order valence-electron chi connectivity index (χ0n) is 9.92. The lowest BCUT2D eigenvalue weighted by Crippen LogP contribution is -2.24. The van der Waals surface area contributed by atoms with Gasteiger partial charge in [-0.15, -0.1) is 0 Å². The molecule has 0 aliphatic carbocycles. The molecule has 0 aromatic heterocycles. The summed E-state index contributed by atoms with van der Waals surface area (Å²) in [6, 6.07) is 7.33. The summed E-state index contributed by atoms with van der Waals surface area (Å²) in [7, 11) is 0. The van der Waals surface area contributed by atoms with Crippen molar-refractivity contribution in [3.8, 4) is 0 Å². The van der Waals surface area contributed by atoms with Crippen LogP contribution in [-0.4, -0.2) is 12.5 Å². The number of amides is 1. The van der Waals surface area contributed by atoms with Crippen molar-refractivity contribution < 1.29 is 4.79 Å². The van der Waals surface area contributed by atoms with Gasteiger partial charge in [-0.25, -0.2) is 0 Å². The number of allylic oxidation sites excluding steroid dienone is 1. The van der Waals surface area contributed by atoms with Crippen molar-refractivity contribution in [2.75, 3.05) is 6.54 Å². The van der Waals surface area contributed by atoms with E-state index in [2.05, 4.69) is 5.32 Å². The SMILES string of the molecule is CCNC(=O)C[C@@H](C=C(Cl)Cl)c1ccccc1Cl. The van der Waals surface area contributed by atoms with Crippen LogP contribution in [-0.2, 0) is 4.79 Å². The van der Waals surface area contributed by atoms with Crippen LogP contribution in [0.2, 0.25) is 5.02 Å². The Bertz CT molecular complexity index is 442. The van der Waals surface area contributed by atoms with Crippen molar-refractivity contribution in [2.24, 2.45) is 0 Å². The van der Waals surface area contributed by atoms with Crippen molar-refractivity contribution >= 4 is 40.7 Å². The van der Waals surface area contributed by atoms with Gasteiger partial charge in [0.05, 0.1) is 0 Å². The van der Waals surface area contributed by atoms with E-state index in [4.69, 9.17) is 34.8 Å². The number of halogens is 3. The average Bonchev–Trinajstić information content (AvgIpc) is 2.28. The van der Waals surface area contributed by atoms with Crippen molar-refractivity contribution in [3.63, 3.8) is 0 Å². The van der Waals surface area contributed by atoms with Crippen LogP contribution in [0.3, 0.4) is 0 Å². The molecule has 1 atom stereocenters. The monoisotopic (exact) mass is 305 g/mol. The topological polar surface area (TPSA) is 29.1 Å². The van der Waals surface area contributed by atoms with E-state index in [1.807, 2.05) is 25.1 Å². The predicted molar refractivity (Wildman–Crippen MR) is 77.3 cm³/mol. The zero-order chi connectivity index (χ0) is 13.5. The molecule has 2 nitrogen and oxygen atoms in total. The first-order valence-electron chi connectivity index (χ1n) is 5.58. The Balaban J connectivity index is 2.96. The molecule has 0 heterocycles. The van der Waals surface area contributed by atoms with Crippen molar-refractivity contribution in [3.05, 3.63) is 45.4 Å². The number of carbonyl (C=O) groups excluding carboxylic acids is 1. The number of hydrogen-bond acceptors (Lipinski definition) is 1. The molecule has 1 amide bonds. The number of hydrogen-bond donors (Lipinski definition) is 1. The highest BCUT2D eigenvalue weighted by Gasteiger charge is 2.16. The lowest BCUT2D eigenvalue weighted by molar-refractivity contribution is -0.121. The van der Waals surface area contributed by atoms with Crippen LogP contribution in [0.4, 0.5) is 0 Å². The van der Waals surface area contributed by atoms with Gasteiger partial charge in [-0.1, -0.05) is 53.0 Å². The minimum absolute atomic E-state index is 0.0618. The smallest absolute Gasteiger partial charge is 0.220 e. The maximum Gasteiger partial charge on any atom is 0.220 e. The maximum absolute atomic E-state index is 11.6. The van der Waals surface area contributed by atoms with Crippen LogP contribution in [0.5, 0.6) is 0 Å². The quantitative estimate of drug-likeness (QED) is 0.865. The van der Waals surface area contributed by atoms with Crippen LogP contribution in [0.1, 0.15) is 24.8 Å². The summed E-state index contributed by atoms with van der Waals surface area (Å²) in [6.07, 6.45) is 1.89. The van der Waals surface area contributed by atoms with E-state index in [9.17, 15) is 4.79 Å². The van der Waals surface area contributed by atoms with E-state index in [-0.39, 0.29) is 22.7 Å². The van der Waals surface area contributed by atoms with Gasteiger partial charge in [0.15, 0.2) is 0 Å². The van der Waals surface area contributed by atoms with Crippen LogP contribution in [0, 0.1) is 0 Å². The van der Waals surface area contributed by atoms with Crippen LogP contribution in [0.15, 0.2) is 34.8 Å². The largest absolute Gasteiger partial charge is 0.356 e. The number of nitrogens with one attached hydrogen (secondary N) is 1. The first-order valence-corrected chi connectivity index (χ1v) is 6.72. The summed E-state index contributed by atoms with van der Waals surface area (Å²) >= 11 is 17.5. The van der Waals surface area contributed by atoms with Crippen LogP contribution >= 0.6 is 34.8 Å². The molecule has 0 saturated carbocycles. The molecule has 1 aromatic rings. The summed E-state index contributed by atoms with van der Waals surface area (Å²) in [5, 5.41) is 3.34. The minimum atomic E-state index is -0.227. The van der Waals surface area contributed by atoms with Gasteiger partial charge in [0.2, 0.25) is 5.91 Å². The molecule has 0 radical (unpaired) electrons. The number of benzene rings is 1. The normalized spacial score (nSPS) is 11.8. The lowest BCUT2D eigenvalue weighted by atomic mass is 9.95. The van der Waals surface area contributed by atoms with Crippen molar-refractivity contribution in [1.82, 2.24) is 5.32 Å². The summed E-state index contributed by atoms with van der Waals surface area (Å²) in [5.41, 5.74) is 0.837. The maximum atomic E-state index is 11.6. The van der Waals surface area contributed by atoms with E-state index in [1.165, 1.54) is 0 Å². The van der Waals surface area contributed by atoms with Crippen molar-refractivity contribution in [1.29, 1.82) is 0 Å². The van der Waals surface area contributed by atoms with E-state index < -0.39 is 0 Å². The third kappa shape index (κ3) is 4.89. The fraction of sp³-hybridized carbons (Fsp3) is 0.308. The Morgan fingerprint density at radius 1 is 1.39 bits per heavy atom. The molecular formula is C13H14Cl3NO. The predicted octanol–water partition coefficient (Wildman–Crippen LogP) is 4.27. The zero-order valence-corrected chi connectivity index (χ0v) is 12.2. The summed E-state index contributed by atoms with van der Waals surface area (Å²) in [5.74, 6) is -0.288. The molecule has 5 heteroatoms. The molecule has 0 bridgehead atoms. The van der Waals surface area contributed by atoms with E-state index >= 15 is 0 Å². The second kappa shape index (κ2) is 7.67. The second-order valence-corrected chi connectivity index (χ2v) is 5.16. The molecule has 0 saturated heterocycles. The van der Waals surface area contributed by atoms with Gasteiger partial charge in [-0.05, 0) is 24.6 Å². The van der Waals surface area contributed by atoms with Gasteiger partial charge in [-0.3, -0.25) is 4.79 Å². The number of rotatable bonds is 5. The summed E-state index contributed by atoms with van der Waals surface area (Å²) in [6.45, 7) is 2.46. The first kappa shape index (κ1) is 15.4. The van der Waals surface area contributed by atoms with Gasteiger partial charge in [-0.2, -0.15) is 0 Å². The highest BCUT2D eigenvalue weighted by molar-refractivity contribution is 6.55. The minimum Gasteiger partial charge on any atom is -0.356 e. The van der Waals surface area contributed by atoms with Crippen LogP contribution < -0.4 is 5.32 Å². The first-order chi connectivity index (χ1) is 8.54. The van der Waals surface area contributed by atoms with E-state index in [0.717, 1.165) is 5.56 Å². The molecular weight excluding hydrogens is 293 g/mol. The highest BCUT2D eigenvalue weighted by Crippen LogP contribution is 2.30. The molecule has 1 N–H and O–H groups in total. The van der Waals surface area contributed by atoms with Crippen molar-refractivity contribution in [2.45, 2.75) is 19.3 Å². The Labute approximate surface area is 122 Å². The number of carbonyl (C=O) groups is 1. The fourth-order valence-corrected chi connectivity index (χ4v) is 2.24. The summed E-state index contributed by atoms with van der Waals surface area (Å²) in [4.78, 5) is 11.6. The third-order valence-corrected chi connectivity index (χ3v) is 3.01. The standard InChI is InChI=1S/C13H14Cl3NO/c1-2-17-13(18)8-9(7-12(15)16)10-5-3-4-6-11(10)14/h3-7,9H,2,8H2,1H3,(H,17,18)/t9-/m1/s1. The molecule has 1 rings (SSSR count). The van der Waals surface area contributed by atoms with Gasteiger partial charge in [0, 0.05) is 23.9 Å². The molecule has 0 unspecified atom stereocenters. The van der Waals surface area contributed by atoms with Gasteiger partial charge < -0.3 is 5.32 Å².